The smallest absolute Gasteiger partial charge is 0.260 e. The Morgan fingerprint density at radius 2 is 1.93 bits per heavy atom. The number of carbonyl (C=O) groups is 1. The van der Waals surface area contributed by atoms with E-state index in [0.717, 1.165) is 0 Å². The van der Waals surface area contributed by atoms with Gasteiger partial charge in [0.25, 0.3) is 11.5 Å². The predicted octanol–water partition coefficient (Wildman–Crippen LogP) is 0.981. The fourth-order valence-corrected chi connectivity index (χ4v) is 4.79. The normalized spacial score (nSPS) is 12.9. The van der Waals surface area contributed by atoms with Gasteiger partial charge in [0, 0.05) is 43.4 Å². The fourth-order valence-electron chi connectivity index (χ4n) is 4.79. The summed E-state index contributed by atoms with van der Waals surface area (Å²) in [6, 6.07) is 8.01. The lowest BCUT2D eigenvalue weighted by atomic mass is 9.66. The van der Waals surface area contributed by atoms with Gasteiger partial charge in [-0.3, -0.25) is 14.3 Å². The summed E-state index contributed by atoms with van der Waals surface area (Å²) in [6.45, 7) is 1.50. The second-order valence-electron chi connectivity index (χ2n) is 10.1. The number of benzene rings is 1. The summed E-state index contributed by atoms with van der Waals surface area (Å²) in [4.78, 5) is 32.0. The van der Waals surface area contributed by atoms with Crippen LogP contribution in [0.3, 0.4) is 0 Å². The Morgan fingerprint density at radius 3 is 2.64 bits per heavy atom. The van der Waals surface area contributed by atoms with E-state index in [1.165, 1.54) is 15.3 Å². The third kappa shape index (κ3) is 6.09. The minimum Gasteiger partial charge on any atom is -0.381 e. The van der Waals surface area contributed by atoms with E-state index in [1.54, 1.807) is 67.6 Å². The number of nitrogens with one attached hydrogen (secondary N) is 1. The summed E-state index contributed by atoms with van der Waals surface area (Å²) in [5.41, 5.74) is 7.34. The van der Waals surface area contributed by atoms with Crippen LogP contribution in [0.4, 0.5) is 5.82 Å². The van der Waals surface area contributed by atoms with E-state index in [1.807, 2.05) is 0 Å². The number of aryl methyl sites for hydroxylation is 1. The summed E-state index contributed by atoms with van der Waals surface area (Å²) >= 11 is 0. The number of carbonyl (C=O) groups excluding carboxylic acids is 1. The maximum Gasteiger partial charge on any atom is 0.260 e. The molecule has 0 aliphatic rings. The topological polar surface area (TPSA) is 125 Å². The summed E-state index contributed by atoms with van der Waals surface area (Å²) in [7, 11) is 26.1. The average molecular weight is 582 g/mol. The molecule has 0 saturated heterocycles. The molecule has 0 fully saturated rings. The largest absolute Gasteiger partial charge is 0.381 e. The molecule has 0 spiro atoms. The van der Waals surface area contributed by atoms with Crippen molar-refractivity contribution >= 4 is 59.5 Å². The van der Waals surface area contributed by atoms with Gasteiger partial charge < -0.3 is 15.6 Å². The number of rotatable bonds is 6. The van der Waals surface area contributed by atoms with Gasteiger partial charge in [-0.25, -0.2) is 9.50 Å². The van der Waals surface area contributed by atoms with Crippen LogP contribution in [0.25, 0.3) is 16.4 Å². The van der Waals surface area contributed by atoms with Gasteiger partial charge in [-0.05, 0) is 30.5 Å². The molecule has 0 aliphatic carbocycles. The standard InChI is InChI=1S/C31H22B4N8O2/c1-4-21(32)26(34)27(35)22(33)16-42-23(17(2)39-30(44)25-28(36)40-43-12-6-11-37-29(25)43)13-20-8-5-7-19(24(20)31(42)45)10-9-18-14-38-41(3)15-18/h1,5-8,11-15,17H,16H2,2-3H3,(H2,36,40)(H,39,44)/b26-21-,27-22-. The molecule has 8 radical (unpaired) electrons. The molecule has 4 aromatic heterocycles. The number of pyridine rings is 1. The maximum atomic E-state index is 14.3. The molecule has 10 nitrogen and oxygen atoms in total. The van der Waals surface area contributed by atoms with Crippen molar-refractivity contribution in [2.24, 2.45) is 7.05 Å². The van der Waals surface area contributed by atoms with Crippen molar-refractivity contribution < 1.29 is 4.79 Å². The molecule has 1 amide bonds. The highest BCUT2D eigenvalue weighted by Crippen LogP contribution is 2.23. The number of nitrogen functional groups attached to an aromatic ring is 1. The Bertz CT molecular complexity index is 2230. The van der Waals surface area contributed by atoms with E-state index in [9.17, 15) is 9.59 Å². The lowest BCUT2D eigenvalue weighted by Gasteiger charge is -2.23. The first-order valence-electron chi connectivity index (χ1n) is 13.5. The monoisotopic (exact) mass is 582 g/mol. The van der Waals surface area contributed by atoms with Gasteiger partial charge in [-0.1, -0.05) is 35.4 Å². The van der Waals surface area contributed by atoms with Gasteiger partial charge in [-0.15, -0.1) is 27.9 Å². The van der Waals surface area contributed by atoms with Crippen molar-refractivity contribution in [3.05, 3.63) is 110 Å². The van der Waals surface area contributed by atoms with Gasteiger partial charge in [0.1, 0.15) is 36.9 Å². The van der Waals surface area contributed by atoms with Crippen LogP contribution in [0.1, 0.15) is 40.1 Å². The van der Waals surface area contributed by atoms with Gasteiger partial charge in [-0.2, -0.15) is 5.10 Å². The highest BCUT2D eigenvalue weighted by atomic mass is 16.2. The van der Waals surface area contributed by atoms with Crippen LogP contribution in [-0.4, -0.2) is 66.2 Å². The van der Waals surface area contributed by atoms with E-state index in [2.05, 4.69) is 38.3 Å². The molecule has 5 aromatic rings. The van der Waals surface area contributed by atoms with Crippen LogP contribution in [0.15, 0.2) is 81.8 Å². The Kier molecular flexibility index (Phi) is 8.60. The minimum absolute atomic E-state index is 0.000509. The fraction of sp³-hybridized carbons (Fsp3) is 0.129. The molecule has 0 saturated carbocycles. The number of anilines is 1. The summed E-state index contributed by atoms with van der Waals surface area (Å²) < 4.78 is 4.43. The lowest BCUT2D eigenvalue weighted by Crippen LogP contribution is -2.33. The zero-order chi connectivity index (χ0) is 32.4. The summed E-state index contributed by atoms with van der Waals surface area (Å²) in [5, 5.41) is 12.1. The molecule has 14 heteroatoms. The zero-order valence-electron chi connectivity index (χ0n) is 24.4. The molecule has 5 rings (SSSR count). The quantitative estimate of drug-likeness (QED) is 0.175. The molecule has 45 heavy (non-hydrogen) atoms. The number of hydrogen-bond donors (Lipinski definition) is 2. The van der Waals surface area contributed by atoms with E-state index >= 15 is 0 Å². The Hall–Kier alpha value is -5.61. The molecular formula is C31H22B4N8O2. The number of amides is 1. The van der Waals surface area contributed by atoms with Crippen molar-refractivity contribution in [1.82, 2.24) is 34.3 Å². The zero-order valence-corrected chi connectivity index (χ0v) is 24.4. The Labute approximate surface area is 264 Å². The van der Waals surface area contributed by atoms with E-state index in [-0.39, 0.29) is 45.5 Å². The number of nitrogens with zero attached hydrogens (tertiary/aromatic N) is 6. The Balaban J connectivity index is 1.65. The van der Waals surface area contributed by atoms with E-state index in [4.69, 9.17) is 43.5 Å². The SMILES string of the molecule is [B]/C(C#C)=C([B])/C([B])=C(/[B])Cn1c(C(C)NC(=O)c2c(N)nn3cccnc23)cc2cccc(C#Cc3cnn(C)c3)c2c1=O. The molecule has 1 unspecified atom stereocenters. The number of terminal acetylenes is 1. The molecular weight excluding hydrogens is 560 g/mol. The Morgan fingerprint density at radius 1 is 1.16 bits per heavy atom. The first kappa shape index (κ1) is 30.8. The summed E-state index contributed by atoms with van der Waals surface area (Å²) in [6.07, 6.45) is 11.9. The van der Waals surface area contributed by atoms with Crippen molar-refractivity contribution in [3.8, 4) is 24.2 Å². The van der Waals surface area contributed by atoms with Crippen molar-refractivity contribution in [3.63, 3.8) is 0 Å². The predicted molar refractivity (Wildman–Crippen MR) is 177 cm³/mol. The minimum atomic E-state index is -0.740. The van der Waals surface area contributed by atoms with Gasteiger partial charge in [0.05, 0.1) is 23.2 Å². The average Bonchev–Trinajstić information content (AvgIpc) is 3.60. The van der Waals surface area contributed by atoms with E-state index in [0.29, 0.717) is 27.6 Å². The molecule has 0 aliphatic heterocycles. The van der Waals surface area contributed by atoms with Gasteiger partial charge in [0.2, 0.25) is 0 Å². The third-order valence-electron chi connectivity index (χ3n) is 7.07. The van der Waals surface area contributed by atoms with Gasteiger partial charge in [0.15, 0.2) is 11.5 Å². The first-order chi connectivity index (χ1) is 21.5. The number of nitrogens with two attached hydrogens (primary N) is 1. The summed E-state index contributed by atoms with van der Waals surface area (Å²) in [5.74, 6) is 7.79. The maximum absolute atomic E-state index is 14.3. The molecule has 0 bridgehead atoms. The van der Waals surface area contributed by atoms with Crippen LogP contribution >= 0.6 is 0 Å². The van der Waals surface area contributed by atoms with Crippen LogP contribution in [-0.2, 0) is 13.6 Å². The number of aromatic nitrogens is 6. The lowest BCUT2D eigenvalue weighted by molar-refractivity contribution is 0.0940. The first-order valence-corrected chi connectivity index (χ1v) is 13.5. The number of allylic oxidation sites excluding steroid dienone is 4. The third-order valence-corrected chi connectivity index (χ3v) is 7.07. The molecule has 1 atom stereocenters. The van der Waals surface area contributed by atoms with Crippen LogP contribution in [0, 0.1) is 24.2 Å². The molecule has 1 aromatic carbocycles. The molecule has 4 heterocycles. The van der Waals surface area contributed by atoms with Crippen molar-refractivity contribution in [1.29, 1.82) is 0 Å². The highest BCUT2D eigenvalue weighted by Gasteiger charge is 2.23. The molecule has 3 N–H and O–H groups in total. The highest BCUT2D eigenvalue weighted by molar-refractivity contribution is 6.44. The van der Waals surface area contributed by atoms with Crippen LogP contribution in [0.5, 0.6) is 0 Å². The van der Waals surface area contributed by atoms with Crippen LogP contribution in [0.2, 0.25) is 0 Å². The van der Waals surface area contributed by atoms with Crippen molar-refractivity contribution in [2.45, 2.75) is 19.5 Å². The second-order valence-corrected chi connectivity index (χ2v) is 10.1. The molecule has 210 valence electrons. The number of hydrogen-bond acceptors (Lipinski definition) is 6. The van der Waals surface area contributed by atoms with Gasteiger partial charge >= 0.3 is 0 Å². The van der Waals surface area contributed by atoms with Crippen LogP contribution < -0.4 is 16.6 Å². The van der Waals surface area contributed by atoms with Crippen molar-refractivity contribution in [2.75, 3.05) is 5.73 Å². The second kappa shape index (κ2) is 12.6. The number of fused-ring (bicyclic) bond motifs is 2. The van der Waals surface area contributed by atoms with E-state index < -0.39 is 17.5 Å².